The van der Waals surface area contributed by atoms with Gasteiger partial charge in [0.2, 0.25) is 0 Å². The second kappa shape index (κ2) is 2.37. The first-order valence-corrected chi connectivity index (χ1v) is 3.98. The standard InChI is InChI=1S/C7H13N3O/c1-10-3-5-2-8-7(11)9-6(5)4-10/h5-6H,2-4H2,1H3,(H2,8,9,11). The molecule has 2 saturated heterocycles. The minimum atomic E-state index is -0.0125. The number of carbonyl (C=O) groups is 1. The third kappa shape index (κ3) is 1.18. The molecule has 2 atom stereocenters. The van der Waals surface area contributed by atoms with Gasteiger partial charge in [-0.1, -0.05) is 0 Å². The maximum atomic E-state index is 10.9. The van der Waals surface area contributed by atoms with Crippen LogP contribution in [0.1, 0.15) is 0 Å². The number of rotatable bonds is 0. The van der Waals surface area contributed by atoms with Crippen LogP contribution in [0.5, 0.6) is 0 Å². The van der Waals surface area contributed by atoms with Crippen molar-refractivity contribution in [1.82, 2.24) is 15.5 Å². The lowest BCUT2D eigenvalue weighted by Gasteiger charge is -2.25. The Morgan fingerprint density at radius 1 is 1.55 bits per heavy atom. The van der Waals surface area contributed by atoms with E-state index in [4.69, 9.17) is 0 Å². The van der Waals surface area contributed by atoms with Crippen LogP contribution in [0, 0.1) is 5.92 Å². The summed E-state index contributed by atoms with van der Waals surface area (Å²) in [5.74, 6) is 0.609. The summed E-state index contributed by atoms with van der Waals surface area (Å²) < 4.78 is 0. The van der Waals surface area contributed by atoms with Crippen LogP contribution in [0.4, 0.5) is 4.79 Å². The Balaban J connectivity index is 2.02. The Kier molecular flexibility index (Phi) is 1.49. The van der Waals surface area contributed by atoms with Crippen molar-refractivity contribution in [2.45, 2.75) is 6.04 Å². The van der Waals surface area contributed by atoms with Crippen molar-refractivity contribution in [2.24, 2.45) is 5.92 Å². The zero-order valence-electron chi connectivity index (χ0n) is 6.63. The molecule has 11 heavy (non-hydrogen) atoms. The normalized spacial score (nSPS) is 37.7. The number of amides is 2. The summed E-state index contributed by atoms with van der Waals surface area (Å²) in [4.78, 5) is 13.1. The van der Waals surface area contributed by atoms with Crippen LogP contribution in [0.25, 0.3) is 0 Å². The Labute approximate surface area is 65.9 Å². The highest BCUT2D eigenvalue weighted by Crippen LogP contribution is 2.16. The van der Waals surface area contributed by atoms with E-state index in [1.54, 1.807) is 0 Å². The topological polar surface area (TPSA) is 44.4 Å². The van der Waals surface area contributed by atoms with Gasteiger partial charge < -0.3 is 15.5 Å². The zero-order valence-corrected chi connectivity index (χ0v) is 6.63. The summed E-state index contributed by atoms with van der Waals surface area (Å²) in [5.41, 5.74) is 0. The van der Waals surface area contributed by atoms with Gasteiger partial charge in [0.25, 0.3) is 0 Å². The molecule has 0 saturated carbocycles. The van der Waals surface area contributed by atoms with Gasteiger partial charge in [0.05, 0.1) is 0 Å². The molecule has 2 rings (SSSR count). The van der Waals surface area contributed by atoms with Gasteiger partial charge in [-0.25, -0.2) is 4.79 Å². The minimum Gasteiger partial charge on any atom is -0.338 e. The monoisotopic (exact) mass is 155 g/mol. The predicted octanol–water partition coefficient (Wildman–Crippen LogP) is -0.771. The summed E-state index contributed by atoms with van der Waals surface area (Å²) >= 11 is 0. The average molecular weight is 155 g/mol. The van der Waals surface area contributed by atoms with E-state index in [9.17, 15) is 4.79 Å². The minimum absolute atomic E-state index is 0.0125. The van der Waals surface area contributed by atoms with Crippen LogP contribution >= 0.6 is 0 Å². The lowest BCUT2D eigenvalue weighted by atomic mass is 10.0. The Morgan fingerprint density at radius 2 is 2.36 bits per heavy atom. The number of likely N-dealkylation sites (N-methyl/N-ethyl adjacent to an activating group) is 1. The number of carbonyl (C=O) groups excluding carboxylic acids is 1. The molecular weight excluding hydrogens is 142 g/mol. The molecule has 0 aliphatic carbocycles. The third-order valence-corrected chi connectivity index (χ3v) is 2.46. The summed E-state index contributed by atoms with van der Waals surface area (Å²) in [5, 5.41) is 5.71. The summed E-state index contributed by atoms with van der Waals surface area (Å²) in [7, 11) is 2.09. The second-order valence-electron chi connectivity index (χ2n) is 3.44. The number of hydrogen-bond acceptors (Lipinski definition) is 2. The number of hydrogen-bond donors (Lipinski definition) is 2. The number of urea groups is 1. The Hall–Kier alpha value is -0.770. The van der Waals surface area contributed by atoms with Gasteiger partial charge in [0.15, 0.2) is 0 Å². The summed E-state index contributed by atoms with van der Waals surface area (Å²) in [6.07, 6.45) is 0. The maximum absolute atomic E-state index is 10.9. The second-order valence-corrected chi connectivity index (χ2v) is 3.44. The van der Waals surface area contributed by atoms with Crippen molar-refractivity contribution in [3.63, 3.8) is 0 Å². The van der Waals surface area contributed by atoms with Crippen molar-refractivity contribution in [3.8, 4) is 0 Å². The van der Waals surface area contributed by atoms with Crippen LogP contribution in [-0.2, 0) is 0 Å². The highest BCUT2D eigenvalue weighted by Gasteiger charge is 2.34. The molecule has 2 amide bonds. The zero-order chi connectivity index (χ0) is 7.84. The van der Waals surface area contributed by atoms with Crippen molar-refractivity contribution < 1.29 is 4.79 Å². The van der Waals surface area contributed by atoms with E-state index in [1.807, 2.05) is 0 Å². The smallest absolute Gasteiger partial charge is 0.315 e. The predicted molar refractivity (Wildman–Crippen MR) is 41.3 cm³/mol. The molecule has 0 aromatic carbocycles. The first-order chi connectivity index (χ1) is 5.25. The molecule has 0 bridgehead atoms. The molecule has 62 valence electrons. The maximum Gasteiger partial charge on any atom is 0.315 e. The van der Waals surface area contributed by atoms with Crippen LogP contribution in [-0.4, -0.2) is 43.7 Å². The first-order valence-electron chi connectivity index (χ1n) is 3.98. The van der Waals surface area contributed by atoms with Gasteiger partial charge in [-0.2, -0.15) is 0 Å². The van der Waals surface area contributed by atoms with Crippen LogP contribution in [0.3, 0.4) is 0 Å². The Morgan fingerprint density at radius 3 is 3.18 bits per heavy atom. The van der Waals surface area contributed by atoms with Gasteiger partial charge in [-0.05, 0) is 7.05 Å². The number of likely N-dealkylation sites (tertiary alicyclic amines) is 1. The largest absolute Gasteiger partial charge is 0.338 e. The van der Waals surface area contributed by atoms with Crippen LogP contribution in [0.15, 0.2) is 0 Å². The molecule has 2 fully saturated rings. The van der Waals surface area contributed by atoms with Crippen LogP contribution in [0.2, 0.25) is 0 Å². The molecule has 2 N–H and O–H groups in total. The van der Waals surface area contributed by atoms with E-state index < -0.39 is 0 Å². The van der Waals surface area contributed by atoms with Gasteiger partial charge in [0.1, 0.15) is 0 Å². The molecule has 4 nitrogen and oxygen atoms in total. The van der Waals surface area contributed by atoms with Gasteiger partial charge in [-0.3, -0.25) is 0 Å². The number of nitrogens with one attached hydrogen (secondary N) is 2. The summed E-state index contributed by atoms with van der Waals surface area (Å²) in [6.45, 7) is 2.93. The molecule has 2 unspecified atom stereocenters. The fourth-order valence-corrected chi connectivity index (χ4v) is 1.90. The van der Waals surface area contributed by atoms with Gasteiger partial charge in [0, 0.05) is 31.6 Å². The number of fused-ring (bicyclic) bond motifs is 1. The SMILES string of the molecule is CN1CC2CNC(=O)NC2C1. The quantitative estimate of drug-likeness (QED) is 0.482. The fraction of sp³-hybridized carbons (Fsp3) is 0.857. The van der Waals surface area contributed by atoms with Gasteiger partial charge >= 0.3 is 6.03 Å². The van der Waals surface area contributed by atoms with Crippen molar-refractivity contribution in [1.29, 1.82) is 0 Å². The van der Waals surface area contributed by atoms with Crippen molar-refractivity contribution in [2.75, 3.05) is 26.7 Å². The van der Waals surface area contributed by atoms with E-state index in [0.29, 0.717) is 12.0 Å². The molecular formula is C7H13N3O. The van der Waals surface area contributed by atoms with Crippen molar-refractivity contribution >= 4 is 6.03 Å². The van der Waals surface area contributed by atoms with E-state index >= 15 is 0 Å². The molecule has 0 aromatic heterocycles. The molecule has 0 spiro atoms. The lowest BCUT2D eigenvalue weighted by molar-refractivity contribution is 0.223. The molecule has 2 heterocycles. The summed E-state index contributed by atoms with van der Waals surface area (Å²) in [6, 6.07) is 0.371. The van der Waals surface area contributed by atoms with E-state index in [1.165, 1.54) is 0 Å². The van der Waals surface area contributed by atoms with E-state index in [0.717, 1.165) is 19.6 Å². The molecule has 0 radical (unpaired) electrons. The van der Waals surface area contributed by atoms with Crippen molar-refractivity contribution in [3.05, 3.63) is 0 Å². The van der Waals surface area contributed by atoms with Gasteiger partial charge in [-0.15, -0.1) is 0 Å². The first kappa shape index (κ1) is 6.91. The third-order valence-electron chi connectivity index (χ3n) is 2.46. The Bertz CT molecular complexity index is 183. The highest BCUT2D eigenvalue weighted by atomic mass is 16.2. The lowest BCUT2D eigenvalue weighted by Crippen LogP contribution is -2.54. The molecule has 4 heteroatoms. The van der Waals surface area contributed by atoms with E-state index in [-0.39, 0.29) is 6.03 Å². The molecule has 2 aliphatic heterocycles. The molecule has 0 aromatic rings. The fourth-order valence-electron chi connectivity index (χ4n) is 1.90. The number of nitrogens with zero attached hydrogens (tertiary/aromatic N) is 1. The molecule has 2 aliphatic rings. The average Bonchev–Trinajstić information content (AvgIpc) is 2.27. The van der Waals surface area contributed by atoms with Crippen LogP contribution < -0.4 is 10.6 Å². The highest BCUT2D eigenvalue weighted by molar-refractivity contribution is 5.75. The van der Waals surface area contributed by atoms with E-state index in [2.05, 4.69) is 22.6 Å².